The number of rotatable bonds is 2. The van der Waals surface area contributed by atoms with E-state index in [0.29, 0.717) is 5.06 Å². The quantitative estimate of drug-likeness (QED) is 0.296. The molecule has 0 atom stereocenters. The highest BCUT2D eigenvalue weighted by atomic mass is 16.7. The van der Waals surface area contributed by atoms with Gasteiger partial charge in [0.15, 0.2) is 0 Å². The van der Waals surface area contributed by atoms with E-state index in [1.165, 1.54) is 0 Å². The monoisotopic (exact) mass is 171 g/mol. The molecule has 6 heteroatoms. The van der Waals surface area contributed by atoms with Gasteiger partial charge in [-0.2, -0.15) is 0 Å². The number of aldehydes is 1. The molecule has 0 spiro atoms. The van der Waals surface area contributed by atoms with E-state index in [4.69, 9.17) is 0 Å². The second kappa shape index (κ2) is 3.12. The van der Waals surface area contributed by atoms with Gasteiger partial charge in [0, 0.05) is 12.8 Å². The molecule has 0 aromatic carbocycles. The average molecular weight is 171 g/mol. The lowest BCUT2D eigenvalue weighted by atomic mass is 10.4. The Morgan fingerprint density at radius 2 is 1.83 bits per heavy atom. The van der Waals surface area contributed by atoms with Gasteiger partial charge in [-0.3, -0.25) is 14.4 Å². The second-order valence-corrected chi connectivity index (χ2v) is 2.11. The van der Waals surface area contributed by atoms with Crippen LogP contribution in [-0.2, 0) is 24.0 Å². The van der Waals surface area contributed by atoms with Crippen molar-refractivity contribution in [3.05, 3.63) is 0 Å². The van der Waals surface area contributed by atoms with E-state index in [0.717, 1.165) is 0 Å². The molecule has 2 amide bonds. The van der Waals surface area contributed by atoms with Gasteiger partial charge in [-0.25, -0.2) is 4.79 Å². The number of hydrogen-bond acceptors (Lipinski definition) is 5. The number of amides is 2. The second-order valence-electron chi connectivity index (χ2n) is 2.11. The third kappa shape index (κ3) is 1.47. The zero-order chi connectivity index (χ0) is 9.14. The summed E-state index contributed by atoms with van der Waals surface area (Å²) in [5, 5.41) is 0.316. The summed E-state index contributed by atoms with van der Waals surface area (Å²) in [6.45, 7) is 0. The minimum Gasteiger partial charge on any atom is -0.322 e. The van der Waals surface area contributed by atoms with Gasteiger partial charge >= 0.3 is 5.97 Å². The van der Waals surface area contributed by atoms with E-state index in [9.17, 15) is 19.2 Å². The summed E-state index contributed by atoms with van der Waals surface area (Å²) in [4.78, 5) is 45.7. The van der Waals surface area contributed by atoms with Crippen molar-refractivity contribution in [3.63, 3.8) is 0 Å². The summed E-state index contributed by atoms with van der Waals surface area (Å²) in [5.74, 6) is -2.45. The van der Waals surface area contributed by atoms with Crippen LogP contribution in [0, 0.1) is 0 Å². The summed E-state index contributed by atoms with van der Waals surface area (Å²) < 4.78 is 0. The maximum Gasteiger partial charge on any atom is 0.396 e. The molecule has 12 heavy (non-hydrogen) atoms. The number of nitrogens with zero attached hydrogens (tertiary/aromatic N) is 1. The predicted molar refractivity (Wildman–Crippen MR) is 33.2 cm³/mol. The smallest absolute Gasteiger partial charge is 0.322 e. The molecule has 1 aliphatic heterocycles. The fourth-order valence-corrected chi connectivity index (χ4v) is 0.769. The molecule has 0 unspecified atom stereocenters. The molecule has 1 fully saturated rings. The van der Waals surface area contributed by atoms with Crippen molar-refractivity contribution in [3.8, 4) is 0 Å². The minimum absolute atomic E-state index is 0.0188. The zero-order valence-corrected chi connectivity index (χ0v) is 5.98. The van der Waals surface area contributed by atoms with Crippen LogP contribution in [0.1, 0.15) is 12.8 Å². The predicted octanol–water partition coefficient (Wildman–Crippen LogP) is -1.21. The van der Waals surface area contributed by atoms with Crippen molar-refractivity contribution in [1.82, 2.24) is 5.06 Å². The van der Waals surface area contributed by atoms with Gasteiger partial charge in [-0.05, 0) is 0 Å². The molecule has 0 saturated carbocycles. The van der Waals surface area contributed by atoms with Crippen molar-refractivity contribution in [2.75, 3.05) is 0 Å². The van der Waals surface area contributed by atoms with E-state index in [1.807, 2.05) is 0 Å². The number of hydroxylamine groups is 2. The molecule has 0 aromatic heterocycles. The SMILES string of the molecule is O=CC(=O)ON1C(=O)CCC1=O. The summed E-state index contributed by atoms with van der Waals surface area (Å²) >= 11 is 0. The molecule has 0 radical (unpaired) electrons. The number of hydrogen-bond donors (Lipinski definition) is 0. The Bertz CT molecular complexity index is 243. The van der Waals surface area contributed by atoms with Crippen molar-refractivity contribution in [2.45, 2.75) is 12.8 Å². The highest BCUT2D eigenvalue weighted by Crippen LogP contribution is 2.11. The van der Waals surface area contributed by atoms with Crippen LogP contribution < -0.4 is 0 Å². The lowest BCUT2D eigenvalue weighted by Gasteiger charge is -2.09. The maximum atomic E-state index is 10.7. The molecule has 0 aromatic rings. The van der Waals surface area contributed by atoms with Crippen LogP contribution in [0.15, 0.2) is 0 Å². The Balaban J connectivity index is 2.61. The van der Waals surface area contributed by atoms with Crippen LogP contribution in [0.25, 0.3) is 0 Å². The molecule has 1 rings (SSSR count). The molecule has 0 N–H and O–H groups in total. The molecule has 64 valence electrons. The molecular weight excluding hydrogens is 166 g/mol. The van der Waals surface area contributed by atoms with Gasteiger partial charge < -0.3 is 4.84 Å². The molecule has 1 heterocycles. The van der Waals surface area contributed by atoms with Gasteiger partial charge in [0.1, 0.15) is 0 Å². The normalized spacial score (nSPS) is 16.5. The Kier molecular flexibility index (Phi) is 2.18. The first-order valence-electron chi connectivity index (χ1n) is 3.18. The molecule has 0 bridgehead atoms. The molecule has 0 aliphatic carbocycles. The van der Waals surface area contributed by atoms with E-state index in [-0.39, 0.29) is 19.1 Å². The Labute approximate surface area is 67.0 Å². The number of imide groups is 1. The Morgan fingerprint density at radius 3 is 2.25 bits per heavy atom. The molecule has 1 saturated heterocycles. The number of carbonyl (C=O) groups is 4. The summed E-state index contributed by atoms with van der Waals surface area (Å²) in [6, 6.07) is 0. The highest BCUT2D eigenvalue weighted by molar-refractivity contribution is 6.21. The largest absolute Gasteiger partial charge is 0.396 e. The molecule has 6 nitrogen and oxygen atoms in total. The fraction of sp³-hybridized carbons (Fsp3) is 0.333. The van der Waals surface area contributed by atoms with Crippen LogP contribution in [0.2, 0.25) is 0 Å². The minimum atomic E-state index is -1.25. The Morgan fingerprint density at radius 1 is 1.33 bits per heavy atom. The van der Waals surface area contributed by atoms with Crippen LogP contribution in [0.3, 0.4) is 0 Å². The third-order valence-corrected chi connectivity index (χ3v) is 1.28. The lowest BCUT2D eigenvalue weighted by molar-refractivity contribution is -0.195. The topological polar surface area (TPSA) is 80.8 Å². The average Bonchev–Trinajstić information content (AvgIpc) is 2.35. The van der Waals surface area contributed by atoms with Crippen molar-refractivity contribution in [1.29, 1.82) is 0 Å². The van der Waals surface area contributed by atoms with Crippen LogP contribution in [0.5, 0.6) is 0 Å². The van der Waals surface area contributed by atoms with Crippen LogP contribution in [-0.4, -0.2) is 29.1 Å². The zero-order valence-electron chi connectivity index (χ0n) is 5.98. The van der Waals surface area contributed by atoms with Gasteiger partial charge in [-0.1, -0.05) is 0 Å². The Hall–Kier alpha value is -1.72. The fourth-order valence-electron chi connectivity index (χ4n) is 0.769. The summed E-state index contributed by atoms with van der Waals surface area (Å²) in [5.41, 5.74) is 0. The first-order valence-corrected chi connectivity index (χ1v) is 3.18. The van der Waals surface area contributed by atoms with Gasteiger partial charge in [-0.15, -0.1) is 5.06 Å². The summed E-state index contributed by atoms with van der Waals surface area (Å²) in [7, 11) is 0. The summed E-state index contributed by atoms with van der Waals surface area (Å²) in [6.07, 6.45) is -0.0746. The van der Waals surface area contributed by atoms with Crippen molar-refractivity contribution < 1.29 is 24.0 Å². The van der Waals surface area contributed by atoms with Gasteiger partial charge in [0.05, 0.1) is 0 Å². The van der Waals surface area contributed by atoms with Crippen LogP contribution in [0.4, 0.5) is 0 Å². The molecule has 1 aliphatic rings. The van der Waals surface area contributed by atoms with Crippen LogP contribution >= 0.6 is 0 Å². The van der Waals surface area contributed by atoms with E-state index < -0.39 is 17.8 Å². The molecular formula is C6H5NO5. The van der Waals surface area contributed by atoms with Gasteiger partial charge in [0.2, 0.25) is 6.29 Å². The van der Waals surface area contributed by atoms with E-state index in [1.54, 1.807) is 0 Å². The first kappa shape index (κ1) is 8.38. The van der Waals surface area contributed by atoms with Gasteiger partial charge in [0.25, 0.3) is 11.8 Å². The van der Waals surface area contributed by atoms with Crippen molar-refractivity contribution >= 4 is 24.1 Å². The third-order valence-electron chi connectivity index (χ3n) is 1.28. The standard InChI is InChI=1S/C6H5NO5/c8-3-6(11)12-7-4(9)1-2-5(7)10/h3H,1-2H2. The van der Waals surface area contributed by atoms with Crippen molar-refractivity contribution in [2.24, 2.45) is 0 Å². The lowest BCUT2D eigenvalue weighted by Crippen LogP contribution is -2.32. The van der Waals surface area contributed by atoms with E-state index >= 15 is 0 Å². The van der Waals surface area contributed by atoms with E-state index in [2.05, 4.69) is 4.84 Å². The maximum absolute atomic E-state index is 10.7. The first-order chi connectivity index (χ1) is 5.65. The number of carbonyl (C=O) groups excluding carboxylic acids is 4. The highest BCUT2D eigenvalue weighted by Gasteiger charge is 2.32.